The van der Waals surface area contributed by atoms with Gasteiger partial charge >= 0.3 is 0 Å². The molecular formula is C8H19NOS. The van der Waals surface area contributed by atoms with Crippen molar-refractivity contribution in [1.82, 2.24) is 5.32 Å². The Labute approximate surface area is 73.8 Å². The van der Waals surface area contributed by atoms with Gasteiger partial charge in [0.25, 0.3) is 0 Å². The Kier molecular flexibility index (Phi) is 8.57. The maximum Gasteiger partial charge on any atom is 0.0441 e. The summed E-state index contributed by atoms with van der Waals surface area (Å²) in [5.74, 6) is 1.15. The van der Waals surface area contributed by atoms with Crippen LogP contribution in [0.4, 0.5) is 0 Å². The van der Waals surface area contributed by atoms with Gasteiger partial charge in [0.1, 0.15) is 0 Å². The second kappa shape index (κ2) is 8.37. The van der Waals surface area contributed by atoms with E-state index in [1.165, 1.54) is 0 Å². The molecule has 0 aliphatic heterocycles. The van der Waals surface area contributed by atoms with Gasteiger partial charge in [0.05, 0.1) is 0 Å². The quantitative estimate of drug-likeness (QED) is 0.571. The van der Waals surface area contributed by atoms with Gasteiger partial charge in [-0.05, 0) is 13.0 Å². The van der Waals surface area contributed by atoms with Crippen molar-refractivity contribution in [3.05, 3.63) is 0 Å². The summed E-state index contributed by atoms with van der Waals surface area (Å²) in [5.41, 5.74) is 0. The lowest BCUT2D eigenvalue weighted by Gasteiger charge is -2.08. The van der Waals surface area contributed by atoms with Crippen LogP contribution in [0.25, 0.3) is 0 Å². The summed E-state index contributed by atoms with van der Waals surface area (Å²) in [4.78, 5) is 0. The minimum absolute atomic E-state index is 0.315. The van der Waals surface area contributed by atoms with Gasteiger partial charge in [0.2, 0.25) is 0 Å². The molecule has 0 spiro atoms. The Morgan fingerprint density at radius 3 is 2.82 bits per heavy atom. The van der Waals surface area contributed by atoms with E-state index in [2.05, 4.69) is 19.2 Å². The number of rotatable bonds is 7. The zero-order chi connectivity index (χ0) is 8.53. The molecule has 0 rings (SSSR count). The molecule has 2 N–H and O–H groups in total. The zero-order valence-electron chi connectivity index (χ0n) is 7.47. The summed E-state index contributed by atoms with van der Waals surface area (Å²) in [6.45, 7) is 6.72. The lowest BCUT2D eigenvalue weighted by Crippen LogP contribution is -2.17. The molecule has 1 atom stereocenters. The standard InChI is InChI=1S/C8H19NOS/c1-3-9-5-7-11-8(2)4-6-10/h8-10H,3-7H2,1-2H3. The van der Waals surface area contributed by atoms with Crippen LogP contribution in [0, 0.1) is 0 Å². The first-order chi connectivity index (χ1) is 5.31. The molecule has 0 saturated heterocycles. The molecule has 0 amide bonds. The molecule has 0 heterocycles. The second-order valence-corrected chi connectivity index (χ2v) is 4.09. The van der Waals surface area contributed by atoms with Crippen LogP contribution in [-0.2, 0) is 0 Å². The predicted octanol–water partition coefficient (Wildman–Crippen LogP) is 1.10. The van der Waals surface area contributed by atoms with E-state index in [4.69, 9.17) is 5.11 Å². The van der Waals surface area contributed by atoms with Crippen molar-refractivity contribution < 1.29 is 5.11 Å². The van der Waals surface area contributed by atoms with Gasteiger partial charge in [0, 0.05) is 24.2 Å². The highest BCUT2D eigenvalue weighted by Crippen LogP contribution is 2.11. The SMILES string of the molecule is CCNCCSC(C)CCO. The van der Waals surface area contributed by atoms with Crippen LogP contribution < -0.4 is 5.32 Å². The highest BCUT2D eigenvalue weighted by atomic mass is 32.2. The molecule has 0 fully saturated rings. The van der Waals surface area contributed by atoms with E-state index in [0.717, 1.165) is 25.3 Å². The number of thioether (sulfide) groups is 1. The lowest BCUT2D eigenvalue weighted by atomic mass is 10.3. The largest absolute Gasteiger partial charge is 0.396 e. The van der Waals surface area contributed by atoms with Crippen LogP contribution in [0.15, 0.2) is 0 Å². The summed E-state index contributed by atoms with van der Waals surface area (Å²) in [5, 5.41) is 12.5. The first-order valence-electron chi connectivity index (χ1n) is 4.24. The fourth-order valence-electron chi connectivity index (χ4n) is 0.774. The summed E-state index contributed by atoms with van der Waals surface area (Å²) < 4.78 is 0. The Bertz CT molecular complexity index is 80.5. The normalized spacial score (nSPS) is 13.4. The van der Waals surface area contributed by atoms with Crippen molar-refractivity contribution in [2.45, 2.75) is 25.5 Å². The van der Waals surface area contributed by atoms with Crippen LogP contribution in [0.3, 0.4) is 0 Å². The second-order valence-electron chi connectivity index (χ2n) is 2.55. The molecule has 0 aliphatic rings. The van der Waals surface area contributed by atoms with Crippen molar-refractivity contribution >= 4 is 11.8 Å². The summed E-state index contributed by atoms with van der Waals surface area (Å²) in [6, 6.07) is 0. The van der Waals surface area contributed by atoms with Crippen LogP contribution >= 0.6 is 11.8 Å². The molecule has 68 valence electrons. The zero-order valence-corrected chi connectivity index (χ0v) is 8.28. The van der Waals surface area contributed by atoms with E-state index in [1.807, 2.05) is 11.8 Å². The summed E-state index contributed by atoms with van der Waals surface area (Å²) in [6.07, 6.45) is 0.913. The van der Waals surface area contributed by atoms with E-state index in [-0.39, 0.29) is 0 Å². The molecule has 0 aromatic heterocycles. The maximum absolute atomic E-state index is 8.61. The van der Waals surface area contributed by atoms with Crippen molar-refractivity contribution in [2.24, 2.45) is 0 Å². The molecule has 0 aromatic rings. The number of aliphatic hydroxyl groups is 1. The minimum Gasteiger partial charge on any atom is -0.396 e. The predicted molar refractivity (Wildman–Crippen MR) is 52.2 cm³/mol. The van der Waals surface area contributed by atoms with E-state index >= 15 is 0 Å². The number of hydrogen-bond donors (Lipinski definition) is 2. The molecule has 0 saturated carbocycles. The van der Waals surface area contributed by atoms with Crippen LogP contribution in [0.2, 0.25) is 0 Å². The Morgan fingerprint density at radius 2 is 2.27 bits per heavy atom. The first-order valence-corrected chi connectivity index (χ1v) is 5.29. The van der Waals surface area contributed by atoms with Gasteiger partial charge in [0.15, 0.2) is 0 Å². The monoisotopic (exact) mass is 177 g/mol. The third-order valence-corrected chi connectivity index (χ3v) is 2.71. The van der Waals surface area contributed by atoms with Gasteiger partial charge in [-0.25, -0.2) is 0 Å². The van der Waals surface area contributed by atoms with E-state index in [9.17, 15) is 0 Å². The fraction of sp³-hybridized carbons (Fsp3) is 1.00. The van der Waals surface area contributed by atoms with Crippen molar-refractivity contribution in [1.29, 1.82) is 0 Å². The Morgan fingerprint density at radius 1 is 1.55 bits per heavy atom. The number of aliphatic hydroxyl groups excluding tert-OH is 1. The van der Waals surface area contributed by atoms with Crippen LogP contribution in [0.1, 0.15) is 20.3 Å². The topological polar surface area (TPSA) is 32.3 Å². The smallest absolute Gasteiger partial charge is 0.0441 e. The molecule has 0 radical (unpaired) electrons. The summed E-state index contributed by atoms with van der Waals surface area (Å²) >= 11 is 1.92. The Hall–Kier alpha value is 0.270. The molecule has 0 bridgehead atoms. The third-order valence-electron chi connectivity index (χ3n) is 1.47. The number of nitrogens with one attached hydrogen (secondary N) is 1. The van der Waals surface area contributed by atoms with Gasteiger partial charge < -0.3 is 10.4 Å². The first kappa shape index (κ1) is 11.3. The molecular weight excluding hydrogens is 158 g/mol. The maximum atomic E-state index is 8.61. The van der Waals surface area contributed by atoms with Gasteiger partial charge in [-0.3, -0.25) is 0 Å². The summed E-state index contributed by atoms with van der Waals surface area (Å²) in [7, 11) is 0. The van der Waals surface area contributed by atoms with Gasteiger partial charge in [-0.15, -0.1) is 0 Å². The van der Waals surface area contributed by atoms with Crippen LogP contribution in [0.5, 0.6) is 0 Å². The highest BCUT2D eigenvalue weighted by molar-refractivity contribution is 7.99. The molecule has 0 aliphatic carbocycles. The van der Waals surface area contributed by atoms with Crippen molar-refractivity contribution in [2.75, 3.05) is 25.4 Å². The number of hydrogen-bond acceptors (Lipinski definition) is 3. The van der Waals surface area contributed by atoms with Gasteiger partial charge in [-0.1, -0.05) is 13.8 Å². The average molecular weight is 177 g/mol. The lowest BCUT2D eigenvalue weighted by molar-refractivity contribution is 0.289. The molecule has 11 heavy (non-hydrogen) atoms. The van der Waals surface area contributed by atoms with Gasteiger partial charge in [-0.2, -0.15) is 11.8 Å². The van der Waals surface area contributed by atoms with Crippen LogP contribution in [-0.4, -0.2) is 35.8 Å². The fourth-order valence-corrected chi connectivity index (χ4v) is 1.71. The van der Waals surface area contributed by atoms with Crippen molar-refractivity contribution in [3.63, 3.8) is 0 Å². The molecule has 1 unspecified atom stereocenters. The highest BCUT2D eigenvalue weighted by Gasteiger charge is 1.99. The minimum atomic E-state index is 0.315. The Balaban J connectivity index is 2.97. The van der Waals surface area contributed by atoms with E-state index < -0.39 is 0 Å². The third kappa shape index (κ3) is 8.17. The average Bonchev–Trinajstić information content (AvgIpc) is 1.99. The van der Waals surface area contributed by atoms with E-state index in [0.29, 0.717) is 11.9 Å². The van der Waals surface area contributed by atoms with Crippen molar-refractivity contribution in [3.8, 4) is 0 Å². The molecule has 2 nitrogen and oxygen atoms in total. The molecule has 3 heteroatoms. The molecule has 0 aromatic carbocycles. The van der Waals surface area contributed by atoms with E-state index in [1.54, 1.807) is 0 Å².